The van der Waals surface area contributed by atoms with Crippen LogP contribution in [0, 0.1) is 6.92 Å². The highest BCUT2D eigenvalue weighted by Crippen LogP contribution is 2.22. The summed E-state index contributed by atoms with van der Waals surface area (Å²) < 4.78 is 26.8. The zero-order valence-electron chi connectivity index (χ0n) is 15.9. The van der Waals surface area contributed by atoms with Gasteiger partial charge in [-0.3, -0.25) is 4.79 Å². The Labute approximate surface area is 170 Å². The monoisotopic (exact) mass is 419 g/mol. The number of sulfonamides is 1. The summed E-state index contributed by atoms with van der Waals surface area (Å²) >= 11 is 1.29. The van der Waals surface area contributed by atoms with Gasteiger partial charge in [-0.2, -0.15) is 4.31 Å². The number of hydrogen-bond acceptors (Lipinski definition) is 5. The molecule has 1 aromatic carbocycles. The van der Waals surface area contributed by atoms with Crippen LogP contribution in [-0.4, -0.2) is 42.5 Å². The maximum atomic E-state index is 12.6. The van der Waals surface area contributed by atoms with Crippen molar-refractivity contribution in [2.24, 2.45) is 0 Å². The lowest BCUT2D eigenvalue weighted by molar-refractivity contribution is -0.118. The van der Waals surface area contributed by atoms with Gasteiger partial charge in [0.15, 0.2) is 0 Å². The Kier molecular flexibility index (Phi) is 7.09. The number of thioether (sulfide) groups is 1. The quantitative estimate of drug-likeness (QED) is 0.698. The number of carbonyl (C=O) groups excluding carboxylic acids is 1. The minimum Gasteiger partial charge on any atom is -0.351 e. The molecule has 1 aliphatic rings. The molecule has 0 unspecified atom stereocenters. The lowest BCUT2D eigenvalue weighted by Crippen LogP contribution is -2.35. The maximum absolute atomic E-state index is 12.6. The van der Waals surface area contributed by atoms with Gasteiger partial charge < -0.3 is 5.32 Å². The summed E-state index contributed by atoms with van der Waals surface area (Å²) in [4.78, 5) is 16.5. The van der Waals surface area contributed by atoms with E-state index < -0.39 is 10.0 Å². The van der Waals surface area contributed by atoms with E-state index in [1.165, 1.54) is 22.3 Å². The average Bonchev–Trinajstić information content (AvgIpc) is 2.72. The second kappa shape index (κ2) is 9.54. The van der Waals surface area contributed by atoms with Gasteiger partial charge >= 0.3 is 0 Å². The molecule has 28 heavy (non-hydrogen) atoms. The number of rotatable bonds is 7. The Bertz CT molecular complexity index is 909. The Morgan fingerprint density at radius 1 is 1.14 bits per heavy atom. The molecule has 1 saturated heterocycles. The van der Waals surface area contributed by atoms with E-state index in [4.69, 9.17) is 0 Å². The topological polar surface area (TPSA) is 79.4 Å². The molecular weight excluding hydrogens is 394 g/mol. The molecule has 2 aromatic rings. The first-order chi connectivity index (χ1) is 13.5. The molecule has 6 nitrogen and oxygen atoms in total. The van der Waals surface area contributed by atoms with E-state index in [0.717, 1.165) is 30.4 Å². The molecule has 1 amide bonds. The summed E-state index contributed by atoms with van der Waals surface area (Å²) in [5.74, 6) is 0.150. The van der Waals surface area contributed by atoms with Crippen LogP contribution in [0.4, 0.5) is 0 Å². The molecule has 0 saturated carbocycles. The van der Waals surface area contributed by atoms with Crippen molar-refractivity contribution in [3.05, 3.63) is 53.7 Å². The molecule has 2 heterocycles. The van der Waals surface area contributed by atoms with E-state index in [-0.39, 0.29) is 16.6 Å². The molecule has 0 spiro atoms. The number of aryl methyl sites for hydroxylation is 1. The molecule has 8 heteroatoms. The number of carbonyl (C=O) groups is 1. The maximum Gasteiger partial charge on any atom is 0.244 e. The van der Waals surface area contributed by atoms with Gasteiger partial charge in [0.2, 0.25) is 15.9 Å². The van der Waals surface area contributed by atoms with Crippen LogP contribution < -0.4 is 5.32 Å². The van der Waals surface area contributed by atoms with E-state index in [0.29, 0.717) is 24.7 Å². The third-order valence-corrected chi connectivity index (χ3v) is 7.58. The van der Waals surface area contributed by atoms with Crippen LogP contribution in [0.2, 0.25) is 0 Å². The molecule has 1 fully saturated rings. The second-order valence-electron chi connectivity index (χ2n) is 6.79. The normalized spacial score (nSPS) is 15.3. The minimum atomic E-state index is -3.47. The van der Waals surface area contributed by atoms with Crippen molar-refractivity contribution in [3.8, 4) is 0 Å². The van der Waals surface area contributed by atoms with Gasteiger partial charge in [0.25, 0.3) is 0 Å². The van der Waals surface area contributed by atoms with Crippen LogP contribution in [0.25, 0.3) is 0 Å². The fraction of sp³-hybridized carbons (Fsp3) is 0.400. The van der Waals surface area contributed by atoms with Crippen LogP contribution in [-0.2, 0) is 21.4 Å². The number of nitrogens with one attached hydrogen (secondary N) is 1. The number of piperidine rings is 1. The third-order valence-electron chi connectivity index (χ3n) is 4.75. The highest BCUT2D eigenvalue weighted by molar-refractivity contribution is 7.99. The summed E-state index contributed by atoms with van der Waals surface area (Å²) in [5.41, 5.74) is 2.23. The molecular formula is C20H25N3O3S2. The number of amides is 1. The van der Waals surface area contributed by atoms with Gasteiger partial charge in [0.1, 0.15) is 4.90 Å². The van der Waals surface area contributed by atoms with Gasteiger partial charge in [-0.1, -0.05) is 42.4 Å². The van der Waals surface area contributed by atoms with Crippen molar-refractivity contribution in [1.29, 1.82) is 0 Å². The zero-order valence-corrected chi connectivity index (χ0v) is 17.6. The van der Waals surface area contributed by atoms with Crippen LogP contribution in [0.1, 0.15) is 30.4 Å². The molecule has 1 aliphatic heterocycles. The first kappa shape index (κ1) is 20.8. The van der Waals surface area contributed by atoms with E-state index in [2.05, 4.69) is 10.3 Å². The molecule has 150 valence electrons. The van der Waals surface area contributed by atoms with Crippen molar-refractivity contribution >= 4 is 27.7 Å². The van der Waals surface area contributed by atoms with Crippen LogP contribution in [0.3, 0.4) is 0 Å². The minimum absolute atomic E-state index is 0.0833. The Hall–Kier alpha value is -1.90. The van der Waals surface area contributed by atoms with Crippen molar-refractivity contribution in [2.75, 3.05) is 18.8 Å². The van der Waals surface area contributed by atoms with Gasteiger partial charge in [0, 0.05) is 25.8 Å². The highest BCUT2D eigenvalue weighted by atomic mass is 32.2. The summed E-state index contributed by atoms with van der Waals surface area (Å²) in [6.07, 6.45) is 4.26. The largest absolute Gasteiger partial charge is 0.351 e. The number of benzene rings is 1. The number of hydrogen-bond donors (Lipinski definition) is 1. The van der Waals surface area contributed by atoms with E-state index in [9.17, 15) is 13.2 Å². The summed E-state index contributed by atoms with van der Waals surface area (Å²) in [7, 11) is -3.47. The molecule has 0 bridgehead atoms. The number of pyridine rings is 1. The highest BCUT2D eigenvalue weighted by Gasteiger charge is 2.26. The SMILES string of the molecule is Cc1ccccc1CNC(=O)CSc1ccc(S(=O)(=O)N2CCCCC2)cn1. The fourth-order valence-corrected chi connectivity index (χ4v) is 5.19. The van der Waals surface area contributed by atoms with Gasteiger partial charge in [-0.25, -0.2) is 13.4 Å². The van der Waals surface area contributed by atoms with Gasteiger partial charge in [-0.05, 0) is 43.0 Å². The van der Waals surface area contributed by atoms with E-state index in [1.54, 1.807) is 12.1 Å². The smallest absolute Gasteiger partial charge is 0.244 e. The van der Waals surface area contributed by atoms with Crippen LogP contribution in [0.5, 0.6) is 0 Å². The standard InChI is InChI=1S/C20H25N3O3S2/c1-16-7-3-4-8-17(16)13-21-19(24)15-27-20-10-9-18(14-22-20)28(25,26)23-11-5-2-6-12-23/h3-4,7-10,14H,2,5-6,11-13,15H2,1H3,(H,21,24). The van der Waals surface area contributed by atoms with Crippen LogP contribution in [0.15, 0.2) is 52.5 Å². The van der Waals surface area contributed by atoms with Crippen molar-refractivity contribution in [1.82, 2.24) is 14.6 Å². The predicted molar refractivity (Wildman–Crippen MR) is 111 cm³/mol. The van der Waals surface area contributed by atoms with Crippen molar-refractivity contribution in [2.45, 2.75) is 42.7 Å². The van der Waals surface area contributed by atoms with Gasteiger partial charge in [0.05, 0.1) is 10.8 Å². The Morgan fingerprint density at radius 3 is 2.57 bits per heavy atom. The molecule has 1 N–H and O–H groups in total. The second-order valence-corrected chi connectivity index (χ2v) is 9.72. The summed E-state index contributed by atoms with van der Waals surface area (Å²) in [6.45, 7) is 3.64. The first-order valence-electron chi connectivity index (χ1n) is 9.37. The first-order valence-corrected chi connectivity index (χ1v) is 11.8. The molecule has 3 rings (SSSR count). The Morgan fingerprint density at radius 2 is 1.89 bits per heavy atom. The van der Waals surface area contributed by atoms with E-state index >= 15 is 0 Å². The predicted octanol–water partition coefficient (Wildman–Crippen LogP) is 2.97. The van der Waals surface area contributed by atoms with Crippen molar-refractivity contribution < 1.29 is 13.2 Å². The molecule has 1 aromatic heterocycles. The fourth-order valence-electron chi connectivity index (χ4n) is 3.05. The van der Waals surface area contributed by atoms with Crippen molar-refractivity contribution in [3.63, 3.8) is 0 Å². The summed E-state index contributed by atoms with van der Waals surface area (Å²) in [6, 6.07) is 11.2. The van der Waals surface area contributed by atoms with Crippen LogP contribution >= 0.6 is 11.8 Å². The lowest BCUT2D eigenvalue weighted by atomic mass is 10.1. The summed E-state index contributed by atoms with van der Waals surface area (Å²) in [5, 5.41) is 3.53. The molecule has 0 aliphatic carbocycles. The lowest BCUT2D eigenvalue weighted by Gasteiger charge is -2.25. The zero-order chi connectivity index (χ0) is 20.0. The van der Waals surface area contributed by atoms with E-state index in [1.807, 2.05) is 31.2 Å². The number of aromatic nitrogens is 1. The van der Waals surface area contributed by atoms with Gasteiger partial charge in [-0.15, -0.1) is 0 Å². The average molecular weight is 420 g/mol. The Balaban J connectivity index is 1.51. The number of nitrogens with zero attached hydrogens (tertiary/aromatic N) is 2. The third kappa shape index (κ3) is 5.33. The molecule has 0 atom stereocenters. The molecule has 0 radical (unpaired) electrons.